The molecular weight excluding hydrogens is 202 g/mol. The summed E-state index contributed by atoms with van der Waals surface area (Å²) in [5, 5.41) is 3.45. The summed E-state index contributed by atoms with van der Waals surface area (Å²) >= 11 is 0. The second-order valence-electron chi connectivity index (χ2n) is 4.93. The normalized spacial score (nSPS) is 24.1. The van der Waals surface area contributed by atoms with E-state index >= 15 is 0 Å². The Morgan fingerprint density at radius 2 is 2.12 bits per heavy atom. The van der Waals surface area contributed by atoms with E-state index in [0.29, 0.717) is 6.04 Å². The van der Waals surface area contributed by atoms with E-state index in [0.717, 1.165) is 31.0 Å². The van der Waals surface area contributed by atoms with E-state index in [4.69, 9.17) is 4.74 Å². The Hall–Kier alpha value is -1.16. The van der Waals surface area contributed by atoms with Gasteiger partial charge in [0, 0.05) is 25.0 Å². The Balaban J connectivity index is 2.02. The van der Waals surface area contributed by atoms with Gasteiger partial charge in [0.2, 0.25) is 0 Å². The van der Waals surface area contributed by atoms with Crippen LogP contribution in [0, 0.1) is 6.92 Å². The fourth-order valence-corrected chi connectivity index (χ4v) is 2.10. The first-order valence-corrected chi connectivity index (χ1v) is 5.75. The first kappa shape index (κ1) is 11.3. The third-order valence-corrected chi connectivity index (χ3v) is 2.92. The molecule has 0 amide bonds. The summed E-state index contributed by atoms with van der Waals surface area (Å²) in [7, 11) is 0. The molecule has 1 N–H and O–H groups in total. The summed E-state index contributed by atoms with van der Waals surface area (Å²) in [4.78, 5) is 8.53. The lowest BCUT2D eigenvalue weighted by atomic mass is 9.94. The zero-order valence-electron chi connectivity index (χ0n) is 10.2. The summed E-state index contributed by atoms with van der Waals surface area (Å²) in [6.07, 6.45) is 5.47. The lowest BCUT2D eigenvalue weighted by Crippen LogP contribution is -2.40. The average Bonchev–Trinajstić information content (AvgIpc) is 2.20. The third-order valence-electron chi connectivity index (χ3n) is 2.92. The lowest BCUT2D eigenvalue weighted by molar-refractivity contribution is -0.0553. The molecule has 0 radical (unpaired) electrons. The standard InChI is InChI=1S/C12H19N3O/c1-9-11(14-6-5-13-9)15-10-4-7-16-12(2,3)8-10/h5-6,10H,4,7-8H2,1-3H3,(H,14,15). The average molecular weight is 221 g/mol. The van der Waals surface area contributed by atoms with E-state index in [1.54, 1.807) is 12.4 Å². The maximum atomic E-state index is 5.69. The minimum absolute atomic E-state index is 0.0357. The van der Waals surface area contributed by atoms with Crippen molar-refractivity contribution in [1.29, 1.82) is 0 Å². The van der Waals surface area contributed by atoms with Crippen LogP contribution in [0.5, 0.6) is 0 Å². The van der Waals surface area contributed by atoms with Crippen molar-refractivity contribution in [2.45, 2.75) is 45.3 Å². The molecule has 0 aromatic carbocycles. The van der Waals surface area contributed by atoms with Crippen LogP contribution in [0.4, 0.5) is 5.82 Å². The highest BCUT2D eigenvalue weighted by Gasteiger charge is 2.29. The van der Waals surface area contributed by atoms with Gasteiger partial charge in [0.05, 0.1) is 11.3 Å². The summed E-state index contributed by atoms with van der Waals surface area (Å²) in [6, 6.07) is 0.430. The number of hydrogen-bond acceptors (Lipinski definition) is 4. The van der Waals surface area contributed by atoms with Gasteiger partial charge in [0.1, 0.15) is 5.82 Å². The molecule has 1 fully saturated rings. The maximum absolute atomic E-state index is 5.69. The van der Waals surface area contributed by atoms with Gasteiger partial charge in [-0.15, -0.1) is 0 Å². The molecule has 1 atom stereocenters. The van der Waals surface area contributed by atoms with Crippen LogP contribution >= 0.6 is 0 Å². The van der Waals surface area contributed by atoms with Gasteiger partial charge in [-0.2, -0.15) is 0 Å². The van der Waals surface area contributed by atoms with Crippen LogP contribution in [0.15, 0.2) is 12.4 Å². The van der Waals surface area contributed by atoms with Crippen LogP contribution < -0.4 is 5.32 Å². The highest BCUT2D eigenvalue weighted by atomic mass is 16.5. The molecule has 0 spiro atoms. The van der Waals surface area contributed by atoms with Gasteiger partial charge in [0.15, 0.2) is 0 Å². The zero-order valence-corrected chi connectivity index (χ0v) is 10.2. The number of nitrogens with one attached hydrogen (secondary N) is 1. The van der Waals surface area contributed by atoms with Gasteiger partial charge >= 0.3 is 0 Å². The van der Waals surface area contributed by atoms with Crippen molar-refractivity contribution >= 4 is 5.82 Å². The molecule has 4 heteroatoms. The molecule has 1 aliphatic heterocycles. The van der Waals surface area contributed by atoms with Crippen molar-refractivity contribution < 1.29 is 4.74 Å². The maximum Gasteiger partial charge on any atom is 0.147 e. The molecule has 1 aromatic heterocycles. The molecule has 0 saturated carbocycles. The van der Waals surface area contributed by atoms with Crippen LogP contribution in [0.25, 0.3) is 0 Å². The molecule has 88 valence electrons. The van der Waals surface area contributed by atoms with E-state index in [1.807, 2.05) is 6.92 Å². The Labute approximate surface area is 96.4 Å². The molecule has 2 rings (SSSR count). The quantitative estimate of drug-likeness (QED) is 0.831. The Morgan fingerprint density at radius 3 is 2.81 bits per heavy atom. The minimum Gasteiger partial charge on any atom is -0.375 e. The second-order valence-corrected chi connectivity index (χ2v) is 4.93. The summed E-state index contributed by atoms with van der Waals surface area (Å²) in [5.41, 5.74) is 0.915. The van der Waals surface area contributed by atoms with Crippen LogP contribution in [0.1, 0.15) is 32.4 Å². The summed E-state index contributed by atoms with van der Waals surface area (Å²) in [6.45, 7) is 7.04. The lowest BCUT2D eigenvalue weighted by Gasteiger charge is -2.36. The largest absolute Gasteiger partial charge is 0.375 e. The van der Waals surface area contributed by atoms with Gasteiger partial charge in [-0.3, -0.25) is 4.98 Å². The molecule has 0 aliphatic carbocycles. The van der Waals surface area contributed by atoms with Gasteiger partial charge < -0.3 is 10.1 Å². The van der Waals surface area contributed by atoms with Crippen LogP contribution in [0.2, 0.25) is 0 Å². The van der Waals surface area contributed by atoms with E-state index < -0.39 is 0 Å². The number of rotatable bonds is 2. The van der Waals surface area contributed by atoms with Crippen molar-refractivity contribution in [2.75, 3.05) is 11.9 Å². The predicted octanol–water partition coefficient (Wildman–Crippen LogP) is 2.15. The second kappa shape index (κ2) is 4.37. The molecule has 1 unspecified atom stereocenters. The third kappa shape index (κ3) is 2.70. The highest BCUT2D eigenvalue weighted by molar-refractivity contribution is 5.39. The van der Waals surface area contributed by atoms with Gasteiger partial charge in [-0.1, -0.05) is 0 Å². The van der Waals surface area contributed by atoms with Crippen molar-refractivity contribution in [3.63, 3.8) is 0 Å². The minimum atomic E-state index is -0.0357. The van der Waals surface area contributed by atoms with E-state index in [9.17, 15) is 0 Å². The summed E-state index contributed by atoms with van der Waals surface area (Å²) in [5.74, 6) is 0.894. The van der Waals surface area contributed by atoms with Crippen molar-refractivity contribution in [3.8, 4) is 0 Å². The van der Waals surface area contributed by atoms with Gasteiger partial charge in [0.25, 0.3) is 0 Å². The van der Waals surface area contributed by atoms with E-state index in [1.165, 1.54) is 0 Å². The molecule has 16 heavy (non-hydrogen) atoms. The highest BCUT2D eigenvalue weighted by Crippen LogP contribution is 2.26. The SMILES string of the molecule is Cc1nccnc1NC1CCOC(C)(C)C1. The molecule has 0 bridgehead atoms. The number of hydrogen-bond donors (Lipinski definition) is 1. The number of aromatic nitrogens is 2. The Bertz CT molecular complexity index is 365. The Kier molecular flexibility index (Phi) is 3.10. The van der Waals surface area contributed by atoms with Crippen LogP contribution in [0.3, 0.4) is 0 Å². The van der Waals surface area contributed by atoms with Crippen LogP contribution in [-0.4, -0.2) is 28.2 Å². The number of aryl methyl sites for hydroxylation is 1. The first-order valence-electron chi connectivity index (χ1n) is 5.75. The topological polar surface area (TPSA) is 47.0 Å². The number of ether oxygens (including phenoxy) is 1. The predicted molar refractivity (Wildman–Crippen MR) is 63.4 cm³/mol. The number of nitrogens with zero attached hydrogens (tertiary/aromatic N) is 2. The molecule has 1 aromatic rings. The number of anilines is 1. The first-order chi connectivity index (χ1) is 7.57. The van der Waals surface area contributed by atoms with Crippen molar-refractivity contribution in [3.05, 3.63) is 18.1 Å². The molecule has 4 nitrogen and oxygen atoms in total. The van der Waals surface area contributed by atoms with E-state index in [-0.39, 0.29) is 5.60 Å². The fourth-order valence-electron chi connectivity index (χ4n) is 2.10. The molecule has 1 saturated heterocycles. The van der Waals surface area contributed by atoms with Gasteiger partial charge in [-0.25, -0.2) is 4.98 Å². The van der Waals surface area contributed by atoms with Crippen molar-refractivity contribution in [2.24, 2.45) is 0 Å². The smallest absolute Gasteiger partial charge is 0.147 e. The van der Waals surface area contributed by atoms with Gasteiger partial charge in [-0.05, 0) is 33.6 Å². The van der Waals surface area contributed by atoms with E-state index in [2.05, 4.69) is 29.1 Å². The van der Waals surface area contributed by atoms with Crippen molar-refractivity contribution in [1.82, 2.24) is 9.97 Å². The molecule has 2 heterocycles. The Morgan fingerprint density at radius 1 is 1.38 bits per heavy atom. The zero-order chi connectivity index (χ0) is 11.6. The molecular formula is C12H19N3O. The van der Waals surface area contributed by atoms with Crippen LogP contribution in [-0.2, 0) is 4.74 Å². The fraction of sp³-hybridized carbons (Fsp3) is 0.667. The summed E-state index contributed by atoms with van der Waals surface area (Å²) < 4.78 is 5.69. The molecule has 1 aliphatic rings. The monoisotopic (exact) mass is 221 g/mol.